The van der Waals surface area contributed by atoms with Crippen molar-refractivity contribution in [1.29, 1.82) is 0 Å². The molecule has 0 radical (unpaired) electrons. The van der Waals surface area contributed by atoms with Crippen molar-refractivity contribution in [1.82, 2.24) is 5.32 Å². The highest BCUT2D eigenvalue weighted by Gasteiger charge is 2.24. The van der Waals surface area contributed by atoms with Crippen molar-refractivity contribution in [3.8, 4) is 0 Å². The number of rotatable bonds is 5. The number of anilines is 1. The largest absolute Gasteiger partial charge is 0.481 e. The van der Waals surface area contributed by atoms with Gasteiger partial charge in [0.2, 0.25) is 5.91 Å². The summed E-state index contributed by atoms with van der Waals surface area (Å²) in [6.45, 7) is 3.57. The van der Waals surface area contributed by atoms with Crippen LogP contribution in [0.1, 0.15) is 42.6 Å². The molecule has 0 unspecified atom stereocenters. The number of hydrogen-bond donors (Lipinski definition) is 3. The Balaban J connectivity index is 2.05. The molecule has 0 aliphatic carbocycles. The van der Waals surface area contributed by atoms with Gasteiger partial charge >= 0.3 is 5.97 Å². The Bertz CT molecular complexity index is 608. The molecule has 21 heavy (non-hydrogen) atoms. The predicted molar refractivity (Wildman–Crippen MR) is 77.2 cm³/mol. The second-order valence-electron chi connectivity index (χ2n) is 5.83. The van der Waals surface area contributed by atoms with E-state index in [2.05, 4.69) is 10.6 Å². The summed E-state index contributed by atoms with van der Waals surface area (Å²) in [6, 6.07) is 5.04. The summed E-state index contributed by atoms with van der Waals surface area (Å²) in [5.41, 5.74) is 1.40. The number of aliphatic carboxylic acids is 1. The van der Waals surface area contributed by atoms with Crippen LogP contribution in [0.15, 0.2) is 18.2 Å². The molecule has 1 aliphatic rings. The van der Waals surface area contributed by atoms with Crippen molar-refractivity contribution < 1.29 is 19.5 Å². The zero-order valence-corrected chi connectivity index (χ0v) is 12.0. The van der Waals surface area contributed by atoms with Gasteiger partial charge in [-0.1, -0.05) is 0 Å². The number of carboxylic acid groups (broad SMARTS) is 1. The van der Waals surface area contributed by atoms with E-state index < -0.39 is 11.5 Å². The smallest absolute Gasteiger partial charge is 0.303 e. The number of nitrogens with one attached hydrogen (secondary N) is 2. The molecule has 112 valence electrons. The number of hydrogen-bond acceptors (Lipinski definition) is 3. The van der Waals surface area contributed by atoms with Crippen LogP contribution < -0.4 is 10.6 Å². The first kappa shape index (κ1) is 15.0. The van der Waals surface area contributed by atoms with Gasteiger partial charge in [0.25, 0.3) is 5.91 Å². The minimum absolute atomic E-state index is 0.00408. The van der Waals surface area contributed by atoms with E-state index in [0.717, 1.165) is 11.3 Å². The zero-order chi connectivity index (χ0) is 15.6. The zero-order valence-electron chi connectivity index (χ0n) is 12.0. The third kappa shape index (κ3) is 3.81. The van der Waals surface area contributed by atoms with Gasteiger partial charge in [0.1, 0.15) is 0 Å². The third-order valence-electron chi connectivity index (χ3n) is 3.41. The monoisotopic (exact) mass is 290 g/mol. The van der Waals surface area contributed by atoms with Crippen LogP contribution in [0.2, 0.25) is 0 Å². The van der Waals surface area contributed by atoms with Crippen LogP contribution in [0.4, 0.5) is 5.69 Å². The number of carbonyl (C=O) groups is 3. The Hall–Kier alpha value is -2.37. The molecule has 0 aromatic heterocycles. The van der Waals surface area contributed by atoms with Crippen molar-refractivity contribution in [2.75, 3.05) is 5.32 Å². The average Bonchev–Trinajstić information content (AvgIpc) is 2.75. The lowest BCUT2D eigenvalue weighted by molar-refractivity contribution is -0.137. The lowest BCUT2D eigenvalue weighted by atomic mass is 9.97. The van der Waals surface area contributed by atoms with Crippen molar-refractivity contribution in [2.45, 2.75) is 38.6 Å². The second-order valence-corrected chi connectivity index (χ2v) is 5.83. The molecule has 6 heteroatoms. The number of fused-ring (bicyclic) bond motifs is 1. The minimum Gasteiger partial charge on any atom is -0.481 e. The maximum Gasteiger partial charge on any atom is 0.303 e. The molecule has 0 bridgehead atoms. The average molecular weight is 290 g/mol. The van der Waals surface area contributed by atoms with Crippen LogP contribution in [0, 0.1) is 0 Å². The summed E-state index contributed by atoms with van der Waals surface area (Å²) in [7, 11) is 0. The summed E-state index contributed by atoms with van der Waals surface area (Å²) in [5.74, 6) is -1.24. The standard InChI is InChI=1S/C15H18N2O4/c1-15(2,6-5-13(19)20)17-14(21)9-3-4-11-10(7-9)8-12(18)16-11/h3-4,7H,5-6,8H2,1-2H3,(H,16,18)(H,17,21)(H,19,20). The van der Waals surface area contributed by atoms with Gasteiger partial charge in [-0.15, -0.1) is 0 Å². The maximum atomic E-state index is 12.2. The molecule has 3 N–H and O–H groups in total. The molecular weight excluding hydrogens is 272 g/mol. The van der Waals surface area contributed by atoms with E-state index in [4.69, 9.17) is 5.11 Å². The van der Waals surface area contributed by atoms with E-state index in [1.54, 1.807) is 32.0 Å². The first-order chi connectivity index (χ1) is 9.77. The minimum atomic E-state index is -0.889. The fraction of sp³-hybridized carbons (Fsp3) is 0.400. The van der Waals surface area contributed by atoms with Gasteiger partial charge in [0.15, 0.2) is 0 Å². The molecule has 0 saturated carbocycles. The SMILES string of the molecule is CC(C)(CCC(=O)O)NC(=O)c1ccc2c(c1)CC(=O)N2. The van der Waals surface area contributed by atoms with Gasteiger partial charge in [-0.05, 0) is 44.0 Å². The Morgan fingerprint density at radius 3 is 2.76 bits per heavy atom. The number of amides is 2. The quantitative estimate of drug-likeness (QED) is 0.766. The summed E-state index contributed by atoms with van der Waals surface area (Å²) in [4.78, 5) is 34.1. The highest BCUT2D eigenvalue weighted by atomic mass is 16.4. The van der Waals surface area contributed by atoms with Crippen molar-refractivity contribution >= 4 is 23.5 Å². The normalized spacial score (nSPS) is 13.5. The Labute approximate surface area is 122 Å². The van der Waals surface area contributed by atoms with E-state index in [1.807, 2.05) is 0 Å². The molecular formula is C15H18N2O4. The molecule has 0 spiro atoms. The van der Waals surface area contributed by atoms with E-state index in [-0.39, 0.29) is 24.7 Å². The molecule has 0 saturated heterocycles. The molecule has 1 aromatic rings. The van der Waals surface area contributed by atoms with Crippen LogP contribution in [-0.2, 0) is 16.0 Å². The van der Waals surface area contributed by atoms with E-state index in [1.165, 1.54) is 0 Å². The Morgan fingerprint density at radius 1 is 1.38 bits per heavy atom. The summed E-state index contributed by atoms with van der Waals surface area (Å²) in [6.07, 6.45) is 0.619. The first-order valence-electron chi connectivity index (χ1n) is 6.74. The summed E-state index contributed by atoms with van der Waals surface area (Å²) >= 11 is 0. The number of carboxylic acids is 1. The lowest BCUT2D eigenvalue weighted by Crippen LogP contribution is -2.43. The summed E-state index contributed by atoms with van der Waals surface area (Å²) in [5, 5.41) is 14.2. The van der Waals surface area contributed by atoms with Crippen molar-refractivity contribution in [3.05, 3.63) is 29.3 Å². The maximum absolute atomic E-state index is 12.2. The topological polar surface area (TPSA) is 95.5 Å². The van der Waals surface area contributed by atoms with Gasteiger partial charge in [0.05, 0.1) is 6.42 Å². The van der Waals surface area contributed by atoms with Crippen LogP contribution in [0.3, 0.4) is 0 Å². The van der Waals surface area contributed by atoms with E-state index in [9.17, 15) is 14.4 Å². The molecule has 0 fully saturated rings. The summed E-state index contributed by atoms with van der Waals surface area (Å²) < 4.78 is 0. The fourth-order valence-electron chi connectivity index (χ4n) is 2.23. The second kappa shape index (κ2) is 5.55. The molecule has 1 aliphatic heterocycles. The lowest BCUT2D eigenvalue weighted by Gasteiger charge is -2.25. The fourth-order valence-corrected chi connectivity index (χ4v) is 2.23. The van der Waals surface area contributed by atoms with Crippen molar-refractivity contribution in [2.24, 2.45) is 0 Å². The van der Waals surface area contributed by atoms with Gasteiger partial charge in [-0.3, -0.25) is 14.4 Å². The van der Waals surface area contributed by atoms with Crippen LogP contribution in [0.5, 0.6) is 0 Å². The molecule has 2 amide bonds. The molecule has 1 aromatic carbocycles. The van der Waals surface area contributed by atoms with Crippen LogP contribution in [-0.4, -0.2) is 28.4 Å². The number of carbonyl (C=O) groups excluding carboxylic acids is 2. The van der Waals surface area contributed by atoms with Crippen LogP contribution in [0.25, 0.3) is 0 Å². The van der Waals surface area contributed by atoms with Gasteiger partial charge in [0, 0.05) is 23.2 Å². The van der Waals surface area contributed by atoms with E-state index in [0.29, 0.717) is 12.0 Å². The third-order valence-corrected chi connectivity index (χ3v) is 3.41. The first-order valence-corrected chi connectivity index (χ1v) is 6.74. The molecule has 2 rings (SSSR count). The van der Waals surface area contributed by atoms with Gasteiger partial charge < -0.3 is 15.7 Å². The highest BCUT2D eigenvalue weighted by Crippen LogP contribution is 2.24. The van der Waals surface area contributed by atoms with E-state index >= 15 is 0 Å². The number of benzene rings is 1. The highest BCUT2D eigenvalue weighted by molar-refractivity contribution is 6.01. The van der Waals surface area contributed by atoms with Gasteiger partial charge in [-0.2, -0.15) is 0 Å². The predicted octanol–water partition coefficient (Wildman–Crippen LogP) is 1.55. The van der Waals surface area contributed by atoms with Crippen LogP contribution >= 0.6 is 0 Å². The Kier molecular flexibility index (Phi) is 3.97. The van der Waals surface area contributed by atoms with Gasteiger partial charge in [-0.25, -0.2) is 0 Å². The molecule has 6 nitrogen and oxygen atoms in total. The van der Waals surface area contributed by atoms with Crippen molar-refractivity contribution in [3.63, 3.8) is 0 Å². The Morgan fingerprint density at radius 2 is 2.10 bits per heavy atom. The molecule has 0 atom stereocenters. The molecule has 1 heterocycles.